The van der Waals surface area contributed by atoms with Crippen LogP contribution in [0.3, 0.4) is 0 Å². The Hall–Kier alpha value is -1.84. The van der Waals surface area contributed by atoms with E-state index in [1.54, 1.807) is 0 Å². The third kappa shape index (κ3) is 2.34. The van der Waals surface area contributed by atoms with Gasteiger partial charge >= 0.3 is 0 Å². The fourth-order valence-corrected chi connectivity index (χ4v) is 1.38. The lowest BCUT2D eigenvalue weighted by atomic mass is 10.1. The summed E-state index contributed by atoms with van der Waals surface area (Å²) in [6.07, 6.45) is 1.43. The average molecular weight is 203 g/mol. The lowest BCUT2D eigenvalue weighted by molar-refractivity contribution is 0.380. The van der Waals surface area contributed by atoms with Crippen molar-refractivity contribution < 1.29 is 4.52 Å². The first-order valence-electron chi connectivity index (χ1n) is 4.94. The quantitative estimate of drug-likeness (QED) is 0.772. The third-order valence-corrected chi connectivity index (χ3v) is 2.13. The van der Waals surface area contributed by atoms with Gasteiger partial charge in [0, 0.05) is 12.1 Å². The maximum atomic E-state index is 5.68. The molecule has 4 heteroatoms. The number of benzene rings is 1. The number of aryl methyl sites for hydroxylation is 1. The normalized spacial score (nSPS) is 10.5. The highest BCUT2D eigenvalue weighted by molar-refractivity contribution is 5.41. The Morgan fingerprint density at radius 1 is 1.40 bits per heavy atom. The van der Waals surface area contributed by atoms with E-state index in [9.17, 15) is 0 Å². The van der Waals surface area contributed by atoms with Crippen molar-refractivity contribution >= 4 is 5.69 Å². The molecule has 4 nitrogen and oxygen atoms in total. The number of anilines is 1. The molecule has 0 saturated carbocycles. The van der Waals surface area contributed by atoms with E-state index in [-0.39, 0.29) is 0 Å². The van der Waals surface area contributed by atoms with E-state index >= 15 is 0 Å². The average Bonchev–Trinajstić information content (AvgIpc) is 2.65. The molecule has 0 radical (unpaired) electrons. The van der Waals surface area contributed by atoms with Crippen molar-refractivity contribution in [1.82, 2.24) is 10.1 Å². The molecule has 0 fully saturated rings. The van der Waals surface area contributed by atoms with E-state index < -0.39 is 0 Å². The van der Waals surface area contributed by atoms with Gasteiger partial charge in [-0.05, 0) is 17.7 Å². The zero-order valence-corrected chi connectivity index (χ0v) is 8.60. The predicted molar refractivity (Wildman–Crippen MR) is 57.3 cm³/mol. The zero-order chi connectivity index (χ0) is 10.7. The molecular formula is C11H13N3O. The van der Waals surface area contributed by atoms with Gasteiger partial charge in [-0.15, -0.1) is 0 Å². The van der Waals surface area contributed by atoms with Crippen molar-refractivity contribution in [2.24, 2.45) is 0 Å². The summed E-state index contributed by atoms with van der Waals surface area (Å²) >= 11 is 0. The maximum absolute atomic E-state index is 5.68. The van der Waals surface area contributed by atoms with Crippen LogP contribution < -0.4 is 5.73 Å². The second kappa shape index (κ2) is 4.13. The van der Waals surface area contributed by atoms with Crippen molar-refractivity contribution in [3.63, 3.8) is 0 Å². The van der Waals surface area contributed by atoms with Gasteiger partial charge in [-0.25, -0.2) is 0 Å². The molecule has 1 aromatic carbocycles. The summed E-state index contributed by atoms with van der Waals surface area (Å²) in [5.41, 5.74) is 7.51. The van der Waals surface area contributed by atoms with Crippen LogP contribution in [0.25, 0.3) is 0 Å². The van der Waals surface area contributed by atoms with Crippen molar-refractivity contribution in [3.05, 3.63) is 41.5 Å². The zero-order valence-electron chi connectivity index (χ0n) is 8.60. The van der Waals surface area contributed by atoms with Crippen LogP contribution in [0.15, 0.2) is 28.8 Å². The summed E-state index contributed by atoms with van der Waals surface area (Å²) in [6, 6.07) is 7.68. The van der Waals surface area contributed by atoms with Crippen LogP contribution in [-0.4, -0.2) is 10.1 Å². The Labute approximate surface area is 88.1 Å². The summed E-state index contributed by atoms with van der Waals surface area (Å²) in [4.78, 5) is 4.24. The molecule has 0 spiro atoms. The van der Waals surface area contributed by atoms with Crippen molar-refractivity contribution in [2.75, 3.05) is 5.73 Å². The number of aromatic nitrogens is 2. The molecule has 0 amide bonds. The monoisotopic (exact) mass is 203 g/mol. The second-order valence-corrected chi connectivity index (χ2v) is 3.38. The Kier molecular flexibility index (Phi) is 2.67. The van der Waals surface area contributed by atoms with E-state index in [0.717, 1.165) is 23.5 Å². The minimum atomic E-state index is 0.637. The standard InChI is InChI=1S/C11H13N3O/c1-2-10-13-11(15-14-10)7-8-4-3-5-9(12)6-8/h3-6H,2,7,12H2,1H3. The Balaban J connectivity index is 2.14. The van der Waals surface area contributed by atoms with Gasteiger partial charge in [-0.1, -0.05) is 24.2 Å². The van der Waals surface area contributed by atoms with Gasteiger partial charge in [-0.3, -0.25) is 0 Å². The van der Waals surface area contributed by atoms with Crippen LogP contribution in [0.4, 0.5) is 5.69 Å². The molecule has 0 aliphatic carbocycles. The summed E-state index contributed by atoms with van der Waals surface area (Å²) in [7, 11) is 0. The second-order valence-electron chi connectivity index (χ2n) is 3.38. The molecule has 0 saturated heterocycles. The molecule has 1 aromatic heterocycles. The molecule has 2 rings (SSSR count). The van der Waals surface area contributed by atoms with Crippen LogP contribution >= 0.6 is 0 Å². The van der Waals surface area contributed by atoms with E-state index in [2.05, 4.69) is 10.1 Å². The fraction of sp³-hybridized carbons (Fsp3) is 0.273. The number of hydrogen-bond acceptors (Lipinski definition) is 4. The number of hydrogen-bond donors (Lipinski definition) is 1. The van der Waals surface area contributed by atoms with Crippen molar-refractivity contribution in [3.8, 4) is 0 Å². The molecule has 0 unspecified atom stereocenters. The van der Waals surface area contributed by atoms with E-state index in [0.29, 0.717) is 12.3 Å². The highest BCUT2D eigenvalue weighted by Gasteiger charge is 2.05. The molecule has 15 heavy (non-hydrogen) atoms. The molecule has 0 bridgehead atoms. The number of nitrogens with two attached hydrogens (primary N) is 1. The third-order valence-electron chi connectivity index (χ3n) is 2.13. The lowest BCUT2D eigenvalue weighted by Crippen LogP contribution is -1.91. The van der Waals surface area contributed by atoms with Crippen molar-refractivity contribution in [2.45, 2.75) is 19.8 Å². The van der Waals surface area contributed by atoms with Gasteiger partial charge in [0.25, 0.3) is 0 Å². The van der Waals surface area contributed by atoms with Gasteiger partial charge < -0.3 is 10.3 Å². The van der Waals surface area contributed by atoms with Gasteiger partial charge in [0.15, 0.2) is 5.82 Å². The van der Waals surface area contributed by atoms with Crippen LogP contribution in [0, 0.1) is 0 Å². The highest BCUT2D eigenvalue weighted by atomic mass is 16.5. The molecule has 0 atom stereocenters. The number of nitrogen functional groups attached to an aromatic ring is 1. The Bertz CT molecular complexity index is 451. The number of rotatable bonds is 3. The first-order chi connectivity index (χ1) is 7.28. The van der Waals surface area contributed by atoms with Gasteiger partial charge in [0.2, 0.25) is 5.89 Å². The smallest absolute Gasteiger partial charge is 0.231 e. The van der Waals surface area contributed by atoms with Crippen LogP contribution in [0.2, 0.25) is 0 Å². The van der Waals surface area contributed by atoms with E-state index in [4.69, 9.17) is 10.3 Å². The Morgan fingerprint density at radius 3 is 2.93 bits per heavy atom. The molecule has 2 aromatic rings. The van der Waals surface area contributed by atoms with Gasteiger partial charge in [0.05, 0.1) is 6.42 Å². The summed E-state index contributed by atoms with van der Waals surface area (Å²) in [5.74, 6) is 1.38. The fourth-order valence-electron chi connectivity index (χ4n) is 1.38. The number of nitrogens with zero attached hydrogens (tertiary/aromatic N) is 2. The van der Waals surface area contributed by atoms with Crippen LogP contribution in [0.5, 0.6) is 0 Å². The summed E-state index contributed by atoms with van der Waals surface area (Å²) < 4.78 is 5.10. The first-order valence-corrected chi connectivity index (χ1v) is 4.94. The topological polar surface area (TPSA) is 64.9 Å². The summed E-state index contributed by atoms with van der Waals surface area (Å²) in [6.45, 7) is 2.00. The molecule has 0 aliphatic heterocycles. The summed E-state index contributed by atoms with van der Waals surface area (Å²) in [5, 5.41) is 3.84. The Morgan fingerprint density at radius 2 is 2.27 bits per heavy atom. The van der Waals surface area contributed by atoms with Gasteiger partial charge in [0.1, 0.15) is 0 Å². The highest BCUT2D eigenvalue weighted by Crippen LogP contribution is 2.11. The van der Waals surface area contributed by atoms with E-state index in [1.807, 2.05) is 31.2 Å². The molecule has 0 aliphatic rings. The molecule has 2 N–H and O–H groups in total. The molecule has 78 valence electrons. The van der Waals surface area contributed by atoms with Gasteiger partial charge in [-0.2, -0.15) is 4.98 Å². The maximum Gasteiger partial charge on any atom is 0.231 e. The van der Waals surface area contributed by atoms with E-state index in [1.165, 1.54) is 0 Å². The SMILES string of the molecule is CCc1noc(Cc2cccc(N)c2)n1. The molecule has 1 heterocycles. The van der Waals surface area contributed by atoms with Crippen LogP contribution in [0.1, 0.15) is 24.2 Å². The largest absolute Gasteiger partial charge is 0.399 e. The van der Waals surface area contributed by atoms with Crippen molar-refractivity contribution in [1.29, 1.82) is 0 Å². The predicted octanol–water partition coefficient (Wildman–Crippen LogP) is 1.81. The first kappa shape index (κ1) is 9.71. The minimum absolute atomic E-state index is 0.637. The minimum Gasteiger partial charge on any atom is -0.399 e. The van der Waals surface area contributed by atoms with Crippen LogP contribution in [-0.2, 0) is 12.8 Å². The molecular weight excluding hydrogens is 190 g/mol. The lowest BCUT2D eigenvalue weighted by Gasteiger charge is -1.97.